The number of ether oxygens (including phenoxy) is 1. The molecule has 0 spiro atoms. The average Bonchev–Trinajstić information content (AvgIpc) is 2.83. The molecule has 8 nitrogen and oxygen atoms in total. The lowest BCUT2D eigenvalue weighted by molar-refractivity contribution is -0.176. The zero-order valence-corrected chi connectivity index (χ0v) is 20.0. The van der Waals surface area contributed by atoms with Gasteiger partial charge in [-0.1, -0.05) is 60.7 Å². The second-order valence-corrected chi connectivity index (χ2v) is 9.10. The lowest BCUT2D eigenvalue weighted by atomic mass is 10.2. The quantitative estimate of drug-likeness (QED) is 0.296. The molecule has 2 rings (SSSR count). The van der Waals surface area contributed by atoms with Crippen LogP contribution >= 0.6 is 7.82 Å². The molecule has 1 amide bonds. The molecule has 0 heterocycles. The van der Waals surface area contributed by atoms with Crippen molar-refractivity contribution in [3.8, 4) is 0 Å². The Labute approximate surface area is 202 Å². The van der Waals surface area contributed by atoms with E-state index in [0.717, 1.165) is 0 Å². The van der Waals surface area contributed by atoms with Crippen molar-refractivity contribution >= 4 is 19.7 Å². The molecule has 0 unspecified atom stereocenters. The molecule has 0 saturated heterocycles. The van der Waals surface area contributed by atoms with Crippen LogP contribution in [-0.2, 0) is 45.7 Å². The van der Waals surface area contributed by atoms with Crippen LogP contribution in [0.4, 0.5) is 13.2 Å². The van der Waals surface area contributed by atoms with E-state index in [1.807, 2.05) is 0 Å². The number of amides is 1. The predicted molar refractivity (Wildman–Crippen MR) is 120 cm³/mol. The number of carbonyl (C=O) groups excluding carboxylic acids is 2. The first-order valence-electron chi connectivity index (χ1n) is 11.1. The molecule has 0 aliphatic heterocycles. The first kappa shape index (κ1) is 26.9. The average molecular weight is 518 g/mol. The van der Waals surface area contributed by atoms with Crippen molar-refractivity contribution in [3.63, 3.8) is 0 Å². The number of rotatable bonds is 13. The van der Waals surface area contributed by atoms with E-state index in [9.17, 15) is 27.3 Å². The molecule has 2 atom stereocenters. The minimum Gasteiger partial charge on any atom is -0.461 e. The third kappa shape index (κ3) is 10.6. The molecule has 1 N–H and O–H groups in total. The Kier molecular flexibility index (Phi) is 10.3. The highest BCUT2D eigenvalue weighted by Crippen LogP contribution is 2.51. The molecule has 0 aliphatic carbocycles. The fraction of sp³-hybridized carbons (Fsp3) is 0.391. The van der Waals surface area contributed by atoms with Gasteiger partial charge in [-0.05, 0) is 25.0 Å². The van der Waals surface area contributed by atoms with Crippen LogP contribution in [0.15, 0.2) is 60.7 Å². The maximum Gasteiger partial charge on any atom is 0.475 e. The Morgan fingerprint density at radius 2 is 1.43 bits per heavy atom. The van der Waals surface area contributed by atoms with Crippen molar-refractivity contribution in [3.05, 3.63) is 71.8 Å². The normalized spacial score (nSPS) is 14.2. The molecule has 2 aromatic rings. The summed E-state index contributed by atoms with van der Waals surface area (Å²) in [5.74, 6) is -3.72. The van der Waals surface area contributed by atoms with E-state index < -0.39 is 51.0 Å². The van der Waals surface area contributed by atoms with Crippen molar-refractivity contribution < 1.29 is 47.0 Å². The molecule has 35 heavy (non-hydrogen) atoms. The molecule has 0 fully saturated rings. The fourth-order valence-corrected chi connectivity index (χ4v) is 3.65. The van der Waals surface area contributed by atoms with Gasteiger partial charge in [0.2, 0.25) is 0 Å². The summed E-state index contributed by atoms with van der Waals surface area (Å²) in [6, 6.07) is 15.2. The third-order valence-electron chi connectivity index (χ3n) is 4.18. The largest absolute Gasteiger partial charge is 0.475 e. The Balaban J connectivity index is 2.15. The van der Waals surface area contributed by atoms with E-state index in [4.69, 9.17) is 19.7 Å². The van der Waals surface area contributed by atoms with Crippen LogP contribution in [0.25, 0.3) is 0 Å². The van der Waals surface area contributed by atoms with Crippen molar-refractivity contribution in [2.24, 2.45) is 0 Å². The molecule has 0 radical (unpaired) electrons. The zero-order chi connectivity index (χ0) is 26.8. The molecule has 0 aromatic heterocycles. The number of hydrogen-bond donors (Lipinski definition) is 1. The summed E-state index contributed by atoms with van der Waals surface area (Å²) in [6.45, 7) is 1.62. The summed E-state index contributed by atoms with van der Waals surface area (Å²) >= 11 is 0. The first-order chi connectivity index (χ1) is 16.9. The number of esters is 1. The highest BCUT2D eigenvalue weighted by molar-refractivity contribution is 7.48. The van der Waals surface area contributed by atoms with E-state index >= 15 is 0 Å². The highest BCUT2D eigenvalue weighted by Gasteiger charge is 2.41. The Hall–Kier alpha value is -2.72. The Bertz CT molecular complexity index is 978. The molecule has 12 heteroatoms. The summed E-state index contributed by atoms with van der Waals surface area (Å²) in [6.07, 6.45) is -7.87. The monoisotopic (exact) mass is 518 g/mol. The van der Waals surface area contributed by atoms with Gasteiger partial charge in [0, 0.05) is 7.77 Å². The number of nitrogens with one attached hydrogen (secondary N) is 1. The van der Waals surface area contributed by atoms with Gasteiger partial charge in [-0.3, -0.25) is 18.4 Å². The number of halogens is 3. The number of alkyl halides is 3. The standard InChI is InChI=1S/C23H27F3NO7P/c1-17(2)34-21(28)20(27-22(29)23(24,25)26)13-14-31-35(30,32-15-18-9-5-3-6-10-18)33-16-19-11-7-4-8-12-19/h3-12,17,20H,13-16H2,1-2H3,(H,27,29)/t20-/m0/s1/i13D/t13-,20+/m1. The van der Waals surface area contributed by atoms with Crippen LogP contribution in [0.3, 0.4) is 0 Å². The van der Waals surface area contributed by atoms with Gasteiger partial charge >= 0.3 is 25.9 Å². The smallest absolute Gasteiger partial charge is 0.461 e. The van der Waals surface area contributed by atoms with Gasteiger partial charge in [0.1, 0.15) is 6.04 Å². The summed E-state index contributed by atoms with van der Waals surface area (Å²) in [5, 5.41) is 1.44. The van der Waals surface area contributed by atoms with Crippen LogP contribution in [0.5, 0.6) is 0 Å². The van der Waals surface area contributed by atoms with Crippen molar-refractivity contribution in [2.75, 3.05) is 6.61 Å². The minimum absolute atomic E-state index is 0.195. The number of carbonyl (C=O) groups is 2. The number of benzene rings is 2. The second-order valence-electron chi connectivity index (χ2n) is 7.43. The van der Waals surface area contributed by atoms with E-state index in [1.54, 1.807) is 60.7 Å². The van der Waals surface area contributed by atoms with Gasteiger partial charge in [-0.2, -0.15) is 13.2 Å². The molecule has 0 aliphatic rings. The highest BCUT2D eigenvalue weighted by atomic mass is 31.2. The number of hydrogen-bond acceptors (Lipinski definition) is 7. The molecule has 192 valence electrons. The lowest BCUT2D eigenvalue weighted by Crippen LogP contribution is -2.48. The number of phosphoric ester groups is 1. The van der Waals surface area contributed by atoms with Gasteiger partial charge < -0.3 is 10.1 Å². The van der Waals surface area contributed by atoms with E-state index in [2.05, 4.69) is 0 Å². The van der Waals surface area contributed by atoms with Gasteiger partial charge in [-0.25, -0.2) is 9.36 Å². The van der Waals surface area contributed by atoms with Crippen molar-refractivity contribution in [2.45, 2.75) is 51.8 Å². The van der Waals surface area contributed by atoms with Gasteiger partial charge in [-0.15, -0.1) is 0 Å². The van der Waals surface area contributed by atoms with Gasteiger partial charge in [0.25, 0.3) is 0 Å². The molecule has 2 aromatic carbocycles. The lowest BCUT2D eigenvalue weighted by Gasteiger charge is -2.22. The van der Waals surface area contributed by atoms with Crippen LogP contribution in [0.1, 0.15) is 32.7 Å². The van der Waals surface area contributed by atoms with E-state index in [-0.39, 0.29) is 13.2 Å². The molecule has 0 saturated carbocycles. The maximum atomic E-state index is 13.3. The van der Waals surface area contributed by atoms with Crippen LogP contribution in [-0.4, -0.2) is 36.8 Å². The third-order valence-corrected chi connectivity index (χ3v) is 5.53. The zero-order valence-electron chi connectivity index (χ0n) is 20.1. The topological polar surface area (TPSA) is 100 Å². The van der Waals surface area contributed by atoms with Crippen LogP contribution in [0, 0.1) is 0 Å². The minimum atomic E-state index is -5.30. The first-order valence-corrected chi connectivity index (χ1v) is 12.0. The molecular weight excluding hydrogens is 490 g/mol. The van der Waals surface area contributed by atoms with E-state index in [0.29, 0.717) is 11.1 Å². The fourth-order valence-electron chi connectivity index (χ4n) is 2.54. The van der Waals surface area contributed by atoms with Crippen LogP contribution in [0.2, 0.25) is 0 Å². The van der Waals surface area contributed by atoms with Gasteiger partial charge in [0.05, 0.1) is 25.9 Å². The summed E-state index contributed by atoms with van der Waals surface area (Å²) < 4.78 is 80.5. The van der Waals surface area contributed by atoms with E-state index in [1.165, 1.54) is 19.2 Å². The summed E-state index contributed by atoms with van der Waals surface area (Å²) in [5.41, 5.74) is 1.26. The number of phosphoric acid groups is 1. The Morgan fingerprint density at radius 3 is 1.86 bits per heavy atom. The van der Waals surface area contributed by atoms with Crippen molar-refractivity contribution in [1.82, 2.24) is 5.32 Å². The summed E-state index contributed by atoms with van der Waals surface area (Å²) in [7, 11) is -4.38. The predicted octanol–water partition coefficient (Wildman–Crippen LogP) is 4.93. The maximum absolute atomic E-state index is 13.3. The SMILES string of the molecule is [2H][C@H](COP(=O)(OCc1ccccc1)OCc1ccccc1)[C@H](NC(=O)C(F)(F)F)C(=O)OC(C)C. The molecular formula is C23H27F3NO7P. The van der Waals surface area contributed by atoms with Crippen LogP contribution < -0.4 is 5.32 Å². The van der Waals surface area contributed by atoms with Crippen molar-refractivity contribution in [1.29, 1.82) is 0 Å². The second kappa shape index (κ2) is 13.4. The van der Waals surface area contributed by atoms with Gasteiger partial charge in [0.15, 0.2) is 0 Å². The summed E-state index contributed by atoms with van der Waals surface area (Å²) in [4.78, 5) is 23.7. The molecule has 0 bridgehead atoms. The Morgan fingerprint density at radius 1 is 0.943 bits per heavy atom.